The van der Waals surface area contributed by atoms with Crippen molar-refractivity contribution >= 4 is 17.6 Å². The molecule has 2 rings (SSSR count). The molecule has 6 heteroatoms. The summed E-state index contributed by atoms with van der Waals surface area (Å²) in [5, 5.41) is 13.4. The molecule has 0 amide bonds. The number of carboxylic acid groups (broad SMARTS) is 1. The van der Waals surface area contributed by atoms with E-state index in [1.165, 1.54) is 18.3 Å². The standard InChI is InChI=1S/C13H12ClFN2O2/c1-7(2)17-12(11(14)6-16-17)8-3-9(13(18)19)5-10(15)4-8/h3-7H,1-2H3,(H,18,19). The molecule has 0 spiro atoms. The fraction of sp³-hybridized carbons (Fsp3) is 0.231. The molecular weight excluding hydrogens is 271 g/mol. The number of rotatable bonds is 3. The van der Waals surface area contributed by atoms with E-state index < -0.39 is 11.8 Å². The number of aromatic carboxylic acids is 1. The fourth-order valence-electron chi connectivity index (χ4n) is 1.85. The van der Waals surface area contributed by atoms with Crippen LogP contribution in [-0.4, -0.2) is 20.9 Å². The Morgan fingerprint density at radius 3 is 2.68 bits per heavy atom. The number of carboxylic acids is 1. The molecule has 0 atom stereocenters. The molecule has 1 N–H and O–H groups in total. The van der Waals surface area contributed by atoms with Gasteiger partial charge in [0.2, 0.25) is 0 Å². The third kappa shape index (κ3) is 2.61. The molecule has 1 aromatic carbocycles. The number of halogens is 2. The van der Waals surface area contributed by atoms with Crippen molar-refractivity contribution in [1.29, 1.82) is 0 Å². The number of carbonyl (C=O) groups is 1. The summed E-state index contributed by atoms with van der Waals surface area (Å²) in [6, 6.07) is 3.62. The zero-order chi connectivity index (χ0) is 14.2. The van der Waals surface area contributed by atoms with E-state index in [-0.39, 0.29) is 11.6 Å². The van der Waals surface area contributed by atoms with E-state index in [1.54, 1.807) is 4.68 Å². The Labute approximate surface area is 114 Å². The summed E-state index contributed by atoms with van der Waals surface area (Å²) in [6.07, 6.45) is 1.46. The van der Waals surface area contributed by atoms with E-state index in [4.69, 9.17) is 16.7 Å². The Morgan fingerprint density at radius 2 is 2.11 bits per heavy atom. The summed E-state index contributed by atoms with van der Waals surface area (Å²) < 4.78 is 15.1. The number of nitrogens with zero attached hydrogens (tertiary/aromatic N) is 2. The van der Waals surface area contributed by atoms with Gasteiger partial charge in [-0.2, -0.15) is 5.10 Å². The molecule has 0 fully saturated rings. The molecule has 1 aromatic heterocycles. The van der Waals surface area contributed by atoms with E-state index in [0.717, 1.165) is 6.07 Å². The number of hydrogen-bond donors (Lipinski definition) is 1. The van der Waals surface area contributed by atoms with E-state index in [0.29, 0.717) is 16.3 Å². The van der Waals surface area contributed by atoms with Crippen LogP contribution in [0.3, 0.4) is 0 Å². The van der Waals surface area contributed by atoms with Gasteiger partial charge in [-0.25, -0.2) is 9.18 Å². The van der Waals surface area contributed by atoms with Crippen molar-refractivity contribution in [3.8, 4) is 11.3 Å². The Morgan fingerprint density at radius 1 is 1.42 bits per heavy atom. The summed E-state index contributed by atoms with van der Waals surface area (Å²) in [6.45, 7) is 3.81. The van der Waals surface area contributed by atoms with E-state index in [1.807, 2.05) is 13.8 Å². The van der Waals surface area contributed by atoms with Crippen LogP contribution in [0.15, 0.2) is 24.4 Å². The lowest BCUT2D eigenvalue weighted by molar-refractivity contribution is 0.0696. The van der Waals surface area contributed by atoms with E-state index in [2.05, 4.69) is 5.10 Å². The smallest absolute Gasteiger partial charge is 0.335 e. The lowest BCUT2D eigenvalue weighted by Gasteiger charge is -2.12. The summed E-state index contributed by atoms with van der Waals surface area (Å²) in [5.74, 6) is -1.81. The molecule has 0 aliphatic heterocycles. The summed E-state index contributed by atoms with van der Waals surface area (Å²) >= 11 is 6.05. The molecule has 0 saturated carbocycles. The molecular formula is C13H12ClFN2O2. The molecule has 2 aromatic rings. The normalized spacial score (nSPS) is 11.0. The second kappa shape index (κ2) is 5.01. The van der Waals surface area contributed by atoms with Crippen molar-refractivity contribution in [3.05, 3.63) is 40.8 Å². The van der Waals surface area contributed by atoms with Gasteiger partial charge in [0.1, 0.15) is 5.82 Å². The molecule has 4 nitrogen and oxygen atoms in total. The van der Waals surface area contributed by atoms with Crippen molar-refractivity contribution < 1.29 is 14.3 Å². The summed E-state index contributed by atoms with van der Waals surface area (Å²) in [7, 11) is 0. The Bertz CT molecular complexity index is 638. The molecule has 0 saturated heterocycles. The summed E-state index contributed by atoms with van der Waals surface area (Å²) in [5.41, 5.74) is 0.787. The first-order valence-electron chi connectivity index (χ1n) is 5.67. The minimum absolute atomic E-state index is 0.0269. The Hall–Kier alpha value is -1.88. The molecule has 0 radical (unpaired) electrons. The molecule has 0 unspecified atom stereocenters. The Balaban J connectivity index is 2.65. The predicted molar refractivity (Wildman–Crippen MR) is 70.0 cm³/mol. The van der Waals surface area contributed by atoms with Crippen LogP contribution in [0.5, 0.6) is 0 Å². The zero-order valence-corrected chi connectivity index (χ0v) is 11.1. The van der Waals surface area contributed by atoms with Crippen LogP contribution in [0.25, 0.3) is 11.3 Å². The average molecular weight is 283 g/mol. The predicted octanol–water partition coefficient (Wildman–Crippen LogP) is 3.62. The lowest BCUT2D eigenvalue weighted by atomic mass is 10.1. The lowest BCUT2D eigenvalue weighted by Crippen LogP contribution is -2.06. The van der Waals surface area contributed by atoms with Gasteiger partial charge in [0, 0.05) is 11.6 Å². The molecule has 19 heavy (non-hydrogen) atoms. The molecule has 100 valence electrons. The van der Waals surface area contributed by atoms with E-state index in [9.17, 15) is 9.18 Å². The maximum atomic E-state index is 13.5. The first kappa shape index (κ1) is 13.5. The first-order chi connectivity index (χ1) is 8.90. The van der Waals surface area contributed by atoms with Gasteiger partial charge in [-0.05, 0) is 32.0 Å². The highest BCUT2D eigenvalue weighted by molar-refractivity contribution is 6.33. The molecule has 0 aliphatic rings. The quantitative estimate of drug-likeness (QED) is 0.935. The van der Waals surface area contributed by atoms with Crippen LogP contribution in [0.1, 0.15) is 30.2 Å². The van der Waals surface area contributed by atoms with Crippen molar-refractivity contribution in [2.45, 2.75) is 19.9 Å². The van der Waals surface area contributed by atoms with Crippen molar-refractivity contribution in [1.82, 2.24) is 9.78 Å². The van der Waals surface area contributed by atoms with Crippen molar-refractivity contribution in [2.24, 2.45) is 0 Å². The van der Waals surface area contributed by atoms with Gasteiger partial charge in [0.25, 0.3) is 0 Å². The first-order valence-corrected chi connectivity index (χ1v) is 6.05. The zero-order valence-electron chi connectivity index (χ0n) is 10.4. The second-order valence-corrected chi connectivity index (χ2v) is 4.82. The number of benzene rings is 1. The van der Waals surface area contributed by atoms with Gasteiger partial charge < -0.3 is 5.11 Å². The van der Waals surface area contributed by atoms with Crippen LogP contribution >= 0.6 is 11.6 Å². The van der Waals surface area contributed by atoms with Crippen LogP contribution < -0.4 is 0 Å². The van der Waals surface area contributed by atoms with Gasteiger partial charge in [-0.1, -0.05) is 11.6 Å². The molecule has 1 heterocycles. The van der Waals surface area contributed by atoms with Gasteiger partial charge in [0.05, 0.1) is 22.5 Å². The molecule has 0 bridgehead atoms. The SMILES string of the molecule is CC(C)n1ncc(Cl)c1-c1cc(F)cc(C(=O)O)c1. The van der Waals surface area contributed by atoms with Crippen molar-refractivity contribution in [2.75, 3.05) is 0 Å². The second-order valence-electron chi connectivity index (χ2n) is 4.41. The van der Waals surface area contributed by atoms with E-state index >= 15 is 0 Å². The highest BCUT2D eigenvalue weighted by atomic mass is 35.5. The van der Waals surface area contributed by atoms with Gasteiger partial charge >= 0.3 is 5.97 Å². The highest BCUT2D eigenvalue weighted by Gasteiger charge is 2.16. The maximum Gasteiger partial charge on any atom is 0.335 e. The highest BCUT2D eigenvalue weighted by Crippen LogP contribution is 2.31. The van der Waals surface area contributed by atoms with Crippen molar-refractivity contribution in [3.63, 3.8) is 0 Å². The van der Waals surface area contributed by atoms with Crippen LogP contribution in [-0.2, 0) is 0 Å². The minimum Gasteiger partial charge on any atom is -0.478 e. The fourth-order valence-corrected chi connectivity index (χ4v) is 2.09. The molecule has 0 aliphatic carbocycles. The number of hydrogen-bond acceptors (Lipinski definition) is 2. The van der Waals surface area contributed by atoms with Crippen LogP contribution in [0.2, 0.25) is 5.02 Å². The monoisotopic (exact) mass is 282 g/mol. The van der Waals surface area contributed by atoms with Gasteiger partial charge in [-0.15, -0.1) is 0 Å². The largest absolute Gasteiger partial charge is 0.478 e. The third-order valence-electron chi connectivity index (χ3n) is 2.66. The van der Waals surface area contributed by atoms with Gasteiger partial charge in [0.15, 0.2) is 0 Å². The van der Waals surface area contributed by atoms with Crippen LogP contribution in [0, 0.1) is 5.82 Å². The Kier molecular flexibility index (Phi) is 3.57. The average Bonchev–Trinajstić information content (AvgIpc) is 2.70. The van der Waals surface area contributed by atoms with Crippen LogP contribution in [0.4, 0.5) is 4.39 Å². The number of aromatic nitrogens is 2. The maximum absolute atomic E-state index is 13.5. The van der Waals surface area contributed by atoms with Gasteiger partial charge in [-0.3, -0.25) is 4.68 Å². The minimum atomic E-state index is -1.19. The summed E-state index contributed by atoms with van der Waals surface area (Å²) in [4.78, 5) is 11.0. The third-order valence-corrected chi connectivity index (χ3v) is 2.93. The topological polar surface area (TPSA) is 55.1 Å².